The number of hydrogen-bond donors (Lipinski definition) is 8. The van der Waals surface area contributed by atoms with Gasteiger partial charge in [0.15, 0.2) is 0 Å². The first-order valence-corrected chi connectivity index (χ1v) is 41.3. The van der Waals surface area contributed by atoms with Crippen molar-refractivity contribution < 1.29 is 62.1 Å². The van der Waals surface area contributed by atoms with Crippen molar-refractivity contribution in [3.8, 4) is 0 Å². The van der Waals surface area contributed by atoms with E-state index in [2.05, 4.69) is 56.4 Å². The largest absolute Gasteiger partial charge is 0.444 e. The van der Waals surface area contributed by atoms with Gasteiger partial charge in [-0.1, -0.05) is 206 Å². The third-order valence-corrected chi connectivity index (χ3v) is 18.2. The normalized spacial score (nSPS) is 12.6. The SMILES string of the molecule is CCCCCCCCCCCCCCCCCCN(CCCCCCCCCCCCCCCCCC)C(=O)CCSCC(CC(CC(CCC(=O)NCCNC(=O)OC(C)(C)C)C(=O)NCCNC(=O)OC(C)(C)C)C(=O)NCCNC(=O)OC(C)(C)C)C(=O)NCCNC(=O)OC(C)(C)C. The number of hydrogen-bond acceptors (Lipinski definition) is 14. The Balaban J connectivity index is 6.70. The van der Waals surface area contributed by atoms with Crippen LogP contribution in [0.2, 0.25) is 0 Å². The Labute approximate surface area is 623 Å². The molecule has 0 radical (unpaired) electrons. The average molecular weight is 1470 g/mol. The van der Waals surface area contributed by atoms with Crippen molar-refractivity contribution in [3.63, 3.8) is 0 Å². The molecule has 0 aliphatic rings. The van der Waals surface area contributed by atoms with E-state index in [1.807, 2.05) is 4.90 Å². The zero-order valence-electron chi connectivity index (χ0n) is 67.0. The lowest BCUT2D eigenvalue weighted by molar-refractivity contribution is -0.131. The van der Waals surface area contributed by atoms with Crippen LogP contribution in [0.25, 0.3) is 0 Å². The molecule has 0 rings (SSSR count). The predicted molar refractivity (Wildman–Crippen MR) is 416 cm³/mol. The summed E-state index contributed by atoms with van der Waals surface area (Å²) in [6, 6.07) is 0. The molecule has 22 nitrogen and oxygen atoms in total. The molecule has 0 saturated carbocycles. The highest BCUT2D eigenvalue weighted by Crippen LogP contribution is 2.28. The Morgan fingerprint density at radius 3 is 0.873 bits per heavy atom. The minimum atomic E-state index is -1.02. The van der Waals surface area contributed by atoms with Gasteiger partial charge in [-0.25, -0.2) is 19.2 Å². The number of carbonyl (C=O) groups excluding carboxylic acids is 9. The van der Waals surface area contributed by atoms with Crippen LogP contribution in [0.3, 0.4) is 0 Å². The molecular formula is C79H151N9O13S. The minimum absolute atomic E-state index is 0.000690. The van der Waals surface area contributed by atoms with Crippen LogP contribution in [-0.2, 0) is 42.9 Å². The summed E-state index contributed by atoms with van der Waals surface area (Å²) < 4.78 is 21.5. The van der Waals surface area contributed by atoms with Crippen molar-refractivity contribution in [1.29, 1.82) is 0 Å². The van der Waals surface area contributed by atoms with Crippen LogP contribution in [0.1, 0.15) is 335 Å². The molecule has 0 aliphatic heterocycles. The predicted octanol–water partition coefficient (Wildman–Crippen LogP) is 16.4. The summed E-state index contributed by atoms with van der Waals surface area (Å²) >= 11 is 1.44. The fourth-order valence-electron chi connectivity index (χ4n) is 11.7. The lowest BCUT2D eigenvalue weighted by Crippen LogP contribution is -2.44. The maximum atomic E-state index is 14.7. The highest BCUT2D eigenvalue weighted by Gasteiger charge is 2.33. The Kier molecular flexibility index (Phi) is 56.9. The van der Waals surface area contributed by atoms with E-state index in [1.165, 1.54) is 179 Å². The van der Waals surface area contributed by atoms with Crippen LogP contribution in [0.15, 0.2) is 0 Å². The summed E-state index contributed by atoms with van der Waals surface area (Å²) in [5.74, 6) is -4.00. The lowest BCUT2D eigenvalue weighted by atomic mass is 9.84. The van der Waals surface area contributed by atoms with Crippen molar-refractivity contribution in [1.82, 2.24) is 47.4 Å². The summed E-state index contributed by atoms with van der Waals surface area (Å²) in [7, 11) is 0. The molecular weight excluding hydrogens is 1310 g/mol. The first-order chi connectivity index (χ1) is 48.3. The van der Waals surface area contributed by atoms with E-state index in [-0.39, 0.29) is 96.1 Å². The van der Waals surface area contributed by atoms with Crippen LogP contribution in [-0.4, -0.2) is 158 Å². The van der Waals surface area contributed by atoms with E-state index in [0.29, 0.717) is 18.8 Å². The van der Waals surface area contributed by atoms with Crippen molar-refractivity contribution in [2.45, 2.75) is 357 Å². The number of nitrogens with one attached hydrogen (secondary N) is 8. The maximum Gasteiger partial charge on any atom is 0.407 e. The van der Waals surface area contributed by atoms with Crippen LogP contribution in [0.5, 0.6) is 0 Å². The number of unbranched alkanes of at least 4 members (excludes halogenated alkanes) is 30. The fraction of sp³-hybridized carbons (Fsp3) is 0.886. The zero-order valence-corrected chi connectivity index (χ0v) is 67.9. The second-order valence-corrected chi connectivity index (χ2v) is 33.0. The van der Waals surface area contributed by atoms with E-state index >= 15 is 0 Å². The summed E-state index contributed by atoms with van der Waals surface area (Å²) in [4.78, 5) is 123. The van der Waals surface area contributed by atoms with Gasteiger partial charge < -0.3 is 66.4 Å². The third-order valence-electron chi connectivity index (χ3n) is 17.1. The first-order valence-electron chi connectivity index (χ1n) is 40.2. The van der Waals surface area contributed by atoms with Crippen molar-refractivity contribution in [3.05, 3.63) is 0 Å². The van der Waals surface area contributed by atoms with Crippen LogP contribution in [0, 0.1) is 17.8 Å². The van der Waals surface area contributed by atoms with Gasteiger partial charge in [-0.05, 0) is 115 Å². The fourth-order valence-corrected chi connectivity index (χ4v) is 12.8. The molecule has 0 aromatic carbocycles. The van der Waals surface area contributed by atoms with Crippen molar-refractivity contribution in [2.24, 2.45) is 17.8 Å². The number of nitrogens with zero attached hydrogens (tertiary/aromatic N) is 1. The molecule has 0 aliphatic carbocycles. The van der Waals surface area contributed by atoms with E-state index in [0.717, 1.165) is 38.5 Å². The number of ether oxygens (including phenoxy) is 4. The van der Waals surface area contributed by atoms with Gasteiger partial charge in [0.25, 0.3) is 0 Å². The highest BCUT2D eigenvalue weighted by molar-refractivity contribution is 7.99. The van der Waals surface area contributed by atoms with Gasteiger partial charge in [0.2, 0.25) is 29.5 Å². The van der Waals surface area contributed by atoms with Gasteiger partial charge in [-0.15, -0.1) is 0 Å². The molecule has 0 fully saturated rings. The molecule has 23 heteroatoms. The molecule has 0 bridgehead atoms. The molecule has 0 spiro atoms. The zero-order chi connectivity index (χ0) is 76.3. The van der Waals surface area contributed by atoms with Crippen molar-refractivity contribution in [2.75, 3.05) is 77.0 Å². The van der Waals surface area contributed by atoms with Gasteiger partial charge in [0, 0.05) is 108 Å². The monoisotopic (exact) mass is 1470 g/mol. The molecule has 0 aromatic heterocycles. The standard InChI is InChI=1S/C79H151N9O13S/c1-15-17-19-21-23-25-27-29-31-33-35-37-39-41-43-45-58-88(59-46-44-42-40-38-36-34-32-30-28-26-24-22-20-18-16-2)68(90)49-60-102-63-66(71(93)83-53-57-87-75(97)101-79(12,13)14)62-65(70(92)82-52-56-86-74(96)100-78(9,10)11)61-64(69(91)81-51-55-85-73(95)99-77(6,7)8)47-48-67(89)80-50-54-84-72(94)98-76(3,4)5/h64-66H,15-63H2,1-14H3,(H,80,89)(H,81,91)(H,82,92)(H,83,93)(H,84,94)(H,85,95)(H,86,96)(H,87,97). The van der Waals surface area contributed by atoms with Gasteiger partial charge in [0.05, 0.1) is 0 Å². The van der Waals surface area contributed by atoms with Crippen LogP contribution in [0.4, 0.5) is 19.2 Å². The molecule has 8 N–H and O–H groups in total. The summed E-state index contributed by atoms with van der Waals surface area (Å²) in [6.45, 7) is 27.0. The maximum absolute atomic E-state index is 14.7. The molecule has 9 amide bonds. The minimum Gasteiger partial charge on any atom is -0.444 e. The third kappa shape index (κ3) is 63.3. The average Bonchev–Trinajstić information content (AvgIpc) is 0.864. The number of thioether (sulfide) groups is 1. The second-order valence-electron chi connectivity index (χ2n) is 31.9. The smallest absolute Gasteiger partial charge is 0.407 e. The van der Waals surface area contributed by atoms with Crippen molar-refractivity contribution >= 4 is 65.7 Å². The number of carbonyl (C=O) groups is 9. The van der Waals surface area contributed by atoms with E-state index in [9.17, 15) is 43.2 Å². The summed E-state index contributed by atoms with van der Waals surface area (Å²) in [5.41, 5.74) is -2.99. The Hall–Kier alpha value is -5.22. The highest BCUT2D eigenvalue weighted by atomic mass is 32.2. The molecule has 0 saturated heterocycles. The number of rotatable bonds is 61. The molecule has 3 atom stereocenters. The van der Waals surface area contributed by atoms with Gasteiger partial charge >= 0.3 is 24.4 Å². The summed E-state index contributed by atoms with van der Waals surface area (Å²) in [5, 5.41) is 22.0. The van der Waals surface area contributed by atoms with Crippen LogP contribution >= 0.6 is 11.8 Å². The number of amides is 9. The van der Waals surface area contributed by atoms with Gasteiger partial charge in [-0.2, -0.15) is 11.8 Å². The topological polar surface area (TPSA) is 290 Å². The summed E-state index contributed by atoms with van der Waals surface area (Å²) in [6.07, 6.45) is 38.0. The molecule has 3 unspecified atom stereocenters. The van der Waals surface area contributed by atoms with Gasteiger partial charge in [-0.3, -0.25) is 24.0 Å². The van der Waals surface area contributed by atoms with E-state index in [4.69, 9.17) is 18.9 Å². The van der Waals surface area contributed by atoms with E-state index < -0.39 is 88.2 Å². The first kappa shape index (κ1) is 96.8. The molecule has 102 heavy (non-hydrogen) atoms. The Morgan fingerprint density at radius 1 is 0.314 bits per heavy atom. The number of alkyl carbamates (subject to hydrolysis) is 4. The molecule has 0 heterocycles. The van der Waals surface area contributed by atoms with E-state index in [1.54, 1.807) is 83.1 Å². The molecule has 596 valence electrons. The quantitative estimate of drug-likeness (QED) is 0.0208. The molecule has 0 aromatic rings. The Bertz CT molecular complexity index is 2200. The lowest BCUT2D eigenvalue weighted by Gasteiger charge is -2.27. The van der Waals surface area contributed by atoms with Gasteiger partial charge in [0.1, 0.15) is 22.4 Å². The van der Waals surface area contributed by atoms with Crippen LogP contribution < -0.4 is 42.5 Å². The second kappa shape index (κ2) is 60.0. The Morgan fingerprint density at radius 2 is 0.569 bits per heavy atom.